The number of ether oxygens (including phenoxy) is 1. The van der Waals surface area contributed by atoms with Gasteiger partial charge in [-0.25, -0.2) is 0 Å². The summed E-state index contributed by atoms with van der Waals surface area (Å²) in [6.45, 7) is 4.00. The van der Waals surface area contributed by atoms with E-state index in [1.807, 2.05) is 25.8 Å². The van der Waals surface area contributed by atoms with Crippen molar-refractivity contribution in [1.82, 2.24) is 4.90 Å². The quantitative estimate of drug-likeness (QED) is 0.858. The van der Waals surface area contributed by atoms with Crippen LogP contribution in [0.1, 0.15) is 30.5 Å². The zero-order valence-electron chi connectivity index (χ0n) is 12.6. The number of hydrogen-bond donors (Lipinski definition) is 1. The molecule has 0 spiro atoms. The van der Waals surface area contributed by atoms with Crippen molar-refractivity contribution in [2.24, 2.45) is 5.92 Å². The van der Waals surface area contributed by atoms with Gasteiger partial charge in [-0.1, -0.05) is 29.8 Å². The number of likely N-dealkylation sites (N-methyl/N-ethyl adjacent to an activating group) is 1. The van der Waals surface area contributed by atoms with Crippen molar-refractivity contribution >= 4 is 5.97 Å². The zero-order chi connectivity index (χ0) is 14.9. The lowest BCUT2D eigenvalue weighted by Gasteiger charge is -2.33. The maximum atomic E-state index is 12.1. The van der Waals surface area contributed by atoms with Crippen LogP contribution in [-0.2, 0) is 9.53 Å². The highest BCUT2D eigenvalue weighted by Gasteiger charge is 2.52. The first-order valence-electron chi connectivity index (χ1n) is 6.93. The summed E-state index contributed by atoms with van der Waals surface area (Å²) in [5, 5.41) is 9.68. The molecule has 0 saturated carbocycles. The van der Waals surface area contributed by atoms with E-state index in [9.17, 15) is 9.90 Å². The molecule has 0 aliphatic carbocycles. The first-order chi connectivity index (χ1) is 9.43. The number of carbonyl (C=O) groups excluding carboxylic acids is 1. The summed E-state index contributed by atoms with van der Waals surface area (Å²) in [5.74, 6) is -0.208. The number of hydrogen-bond acceptors (Lipinski definition) is 4. The molecule has 20 heavy (non-hydrogen) atoms. The second kappa shape index (κ2) is 5.54. The fourth-order valence-corrected chi connectivity index (χ4v) is 3.26. The van der Waals surface area contributed by atoms with E-state index in [1.54, 1.807) is 0 Å². The summed E-state index contributed by atoms with van der Waals surface area (Å²) >= 11 is 0. The highest BCUT2D eigenvalue weighted by atomic mass is 16.5. The van der Waals surface area contributed by atoms with Crippen molar-refractivity contribution < 1.29 is 14.6 Å². The number of nitrogens with zero attached hydrogens (tertiary/aromatic N) is 1. The largest absolute Gasteiger partial charge is 0.468 e. The van der Waals surface area contributed by atoms with Crippen molar-refractivity contribution in [1.29, 1.82) is 0 Å². The van der Waals surface area contributed by atoms with E-state index in [2.05, 4.69) is 24.3 Å². The van der Waals surface area contributed by atoms with Crippen LogP contribution in [0.2, 0.25) is 0 Å². The lowest BCUT2D eigenvalue weighted by atomic mass is 9.90. The second-order valence-electron chi connectivity index (χ2n) is 5.88. The first kappa shape index (κ1) is 15.0. The lowest BCUT2D eigenvalue weighted by molar-refractivity contribution is -0.152. The van der Waals surface area contributed by atoms with E-state index in [1.165, 1.54) is 12.7 Å². The molecule has 4 heteroatoms. The number of esters is 1. The standard InChI is InChI=1S/C16H23NO3/c1-11-5-7-12(8-6-11)14-13(10-18)9-16(2,17(14)3)15(19)20-4/h5-8,13-14,18H,9-10H2,1-4H3/t13-,14+,16+/m1/s1. The molecule has 0 bridgehead atoms. The number of aliphatic hydroxyl groups is 1. The van der Waals surface area contributed by atoms with Gasteiger partial charge in [-0.3, -0.25) is 9.69 Å². The molecule has 1 aromatic rings. The predicted octanol–water partition coefficient (Wildman–Crippen LogP) is 1.91. The number of carbonyl (C=O) groups is 1. The van der Waals surface area contributed by atoms with E-state index in [-0.39, 0.29) is 24.5 Å². The highest BCUT2D eigenvalue weighted by molar-refractivity contribution is 5.80. The van der Waals surface area contributed by atoms with Crippen molar-refractivity contribution in [2.45, 2.75) is 31.8 Å². The molecule has 0 aromatic heterocycles. The number of aliphatic hydroxyl groups excluding tert-OH is 1. The fourth-order valence-electron chi connectivity index (χ4n) is 3.26. The van der Waals surface area contributed by atoms with Crippen molar-refractivity contribution in [3.05, 3.63) is 35.4 Å². The van der Waals surface area contributed by atoms with Crippen LogP contribution in [-0.4, -0.2) is 42.3 Å². The first-order valence-corrected chi connectivity index (χ1v) is 6.93. The van der Waals surface area contributed by atoms with Gasteiger partial charge >= 0.3 is 5.97 Å². The normalized spacial score (nSPS) is 30.4. The van der Waals surface area contributed by atoms with Crippen LogP contribution in [0.3, 0.4) is 0 Å². The van der Waals surface area contributed by atoms with Crippen LogP contribution < -0.4 is 0 Å². The molecular formula is C16H23NO3. The van der Waals surface area contributed by atoms with Crippen LogP contribution >= 0.6 is 0 Å². The third-order valence-electron chi connectivity index (χ3n) is 4.58. The average molecular weight is 277 g/mol. The van der Waals surface area contributed by atoms with Crippen molar-refractivity contribution in [3.63, 3.8) is 0 Å². The minimum atomic E-state index is -0.683. The summed E-state index contributed by atoms with van der Waals surface area (Å²) < 4.78 is 4.94. The summed E-state index contributed by atoms with van der Waals surface area (Å²) in [6, 6.07) is 8.30. The molecule has 1 aromatic carbocycles. The summed E-state index contributed by atoms with van der Waals surface area (Å²) in [7, 11) is 3.34. The van der Waals surface area contributed by atoms with Crippen LogP contribution in [0, 0.1) is 12.8 Å². The van der Waals surface area contributed by atoms with E-state index >= 15 is 0 Å². The summed E-state index contributed by atoms with van der Waals surface area (Å²) in [4.78, 5) is 14.1. The van der Waals surface area contributed by atoms with Gasteiger partial charge in [-0.2, -0.15) is 0 Å². The smallest absolute Gasteiger partial charge is 0.326 e. The van der Waals surface area contributed by atoms with Gasteiger partial charge in [-0.05, 0) is 32.9 Å². The zero-order valence-corrected chi connectivity index (χ0v) is 12.6. The Kier molecular flexibility index (Phi) is 4.16. The molecule has 1 fully saturated rings. The summed E-state index contributed by atoms with van der Waals surface area (Å²) in [5.41, 5.74) is 1.65. The molecule has 1 heterocycles. The molecule has 1 saturated heterocycles. The SMILES string of the molecule is COC(=O)[C@]1(C)C[C@H](CO)[C@H](c2ccc(C)cc2)N1C. The van der Waals surface area contributed by atoms with E-state index in [0.717, 1.165) is 5.56 Å². The number of benzene rings is 1. The van der Waals surface area contributed by atoms with Gasteiger partial charge in [0.2, 0.25) is 0 Å². The van der Waals surface area contributed by atoms with Crippen molar-refractivity contribution in [3.8, 4) is 0 Å². The molecule has 0 unspecified atom stereocenters. The summed E-state index contributed by atoms with van der Waals surface area (Å²) in [6.07, 6.45) is 0.602. The molecule has 3 atom stereocenters. The van der Waals surface area contributed by atoms with Crippen LogP contribution in [0.25, 0.3) is 0 Å². The molecule has 0 radical (unpaired) electrons. The minimum absolute atomic E-state index is 0.0321. The monoisotopic (exact) mass is 277 g/mol. The second-order valence-corrected chi connectivity index (χ2v) is 5.88. The average Bonchev–Trinajstić information content (AvgIpc) is 2.72. The molecule has 4 nitrogen and oxygen atoms in total. The lowest BCUT2D eigenvalue weighted by Crippen LogP contribution is -2.47. The fraction of sp³-hybridized carbons (Fsp3) is 0.562. The molecule has 1 N–H and O–H groups in total. The molecule has 1 aliphatic rings. The van der Waals surface area contributed by atoms with Gasteiger partial charge in [0, 0.05) is 18.6 Å². The van der Waals surface area contributed by atoms with Gasteiger partial charge < -0.3 is 9.84 Å². The van der Waals surface area contributed by atoms with Gasteiger partial charge in [0.25, 0.3) is 0 Å². The van der Waals surface area contributed by atoms with Crippen LogP contribution in [0.5, 0.6) is 0 Å². The van der Waals surface area contributed by atoms with Crippen LogP contribution in [0.15, 0.2) is 24.3 Å². The maximum Gasteiger partial charge on any atom is 0.326 e. The van der Waals surface area contributed by atoms with E-state index in [4.69, 9.17) is 4.74 Å². The minimum Gasteiger partial charge on any atom is -0.468 e. The Bertz CT molecular complexity index is 485. The third kappa shape index (κ3) is 2.34. The molecule has 2 rings (SSSR count). The number of methoxy groups -OCH3 is 1. The number of rotatable bonds is 3. The van der Waals surface area contributed by atoms with Gasteiger partial charge in [-0.15, -0.1) is 0 Å². The van der Waals surface area contributed by atoms with Gasteiger partial charge in [0.1, 0.15) is 5.54 Å². The number of likely N-dealkylation sites (tertiary alicyclic amines) is 1. The Morgan fingerprint density at radius 1 is 1.45 bits per heavy atom. The Hall–Kier alpha value is -1.39. The van der Waals surface area contributed by atoms with E-state index in [0.29, 0.717) is 6.42 Å². The Labute approximate surface area is 120 Å². The highest BCUT2D eigenvalue weighted by Crippen LogP contribution is 2.45. The Morgan fingerprint density at radius 2 is 2.05 bits per heavy atom. The molecule has 1 aliphatic heterocycles. The van der Waals surface area contributed by atoms with E-state index < -0.39 is 5.54 Å². The van der Waals surface area contributed by atoms with Gasteiger partial charge in [0.05, 0.1) is 7.11 Å². The topological polar surface area (TPSA) is 49.8 Å². The predicted molar refractivity (Wildman–Crippen MR) is 77.3 cm³/mol. The van der Waals surface area contributed by atoms with Gasteiger partial charge in [0.15, 0.2) is 0 Å². The Morgan fingerprint density at radius 3 is 2.55 bits per heavy atom. The molecular weight excluding hydrogens is 254 g/mol. The van der Waals surface area contributed by atoms with Crippen LogP contribution in [0.4, 0.5) is 0 Å². The number of aryl methyl sites for hydroxylation is 1. The maximum absolute atomic E-state index is 12.1. The molecule has 0 amide bonds. The van der Waals surface area contributed by atoms with Crippen molar-refractivity contribution in [2.75, 3.05) is 20.8 Å². The Balaban J connectivity index is 2.37. The molecule has 110 valence electrons. The third-order valence-corrected chi connectivity index (χ3v) is 4.58.